The van der Waals surface area contributed by atoms with Gasteiger partial charge in [0.15, 0.2) is 5.78 Å². The quantitative estimate of drug-likeness (QED) is 0.775. The molecule has 0 aromatic heterocycles. The van der Waals surface area contributed by atoms with Crippen LogP contribution in [-0.4, -0.2) is 18.2 Å². The van der Waals surface area contributed by atoms with Gasteiger partial charge in [-0.15, -0.1) is 0 Å². The molecule has 6 nitrogen and oxygen atoms in total. The summed E-state index contributed by atoms with van der Waals surface area (Å²) in [5.41, 5.74) is 9.77. The number of benzene rings is 2. The lowest BCUT2D eigenvalue weighted by Crippen LogP contribution is -2.52. The minimum absolute atomic E-state index is 0.0865. The van der Waals surface area contributed by atoms with Crippen molar-refractivity contribution in [3.05, 3.63) is 82.3 Å². The van der Waals surface area contributed by atoms with E-state index in [1.807, 2.05) is 67.3 Å². The molecular weight excluding hydrogens is 412 g/mol. The van der Waals surface area contributed by atoms with Crippen LogP contribution in [-0.2, 0) is 15.0 Å². The SMILES string of the molecule is CCCN1C(=O)C2(C(C#N)=C(N)N(c3ccccc3C)C3=C2C(=O)CCC3)c2ccccc21. The topological polar surface area (TPSA) is 90.4 Å². The number of anilines is 2. The van der Waals surface area contributed by atoms with Crippen molar-refractivity contribution in [1.82, 2.24) is 0 Å². The molecule has 2 heterocycles. The molecule has 1 spiro atoms. The number of nitrogens with two attached hydrogens (primary N) is 1. The average Bonchev–Trinajstić information content (AvgIpc) is 3.05. The Morgan fingerprint density at radius 3 is 2.45 bits per heavy atom. The van der Waals surface area contributed by atoms with Crippen molar-refractivity contribution in [2.75, 3.05) is 16.3 Å². The summed E-state index contributed by atoms with van der Waals surface area (Å²) < 4.78 is 0. The van der Waals surface area contributed by atoms with Gasteiger partial charge in [0.05, 0.1) is 11.3 Å². The normalized spacial score (nSPS) is 22.1. The second-order valence-electron chi connectivity index (χ2n) is 8.82. The molecule has 0 bridgehead atoms. The maximum absolute atomic E-state index is 14.2. The number of Topliss-reactive ketones (excluding diaryl/α,β-unsaturated/α-hetero) is 1. The molecule has 0 radical (unpaired) electrons. The van der Waals surface area contributed by atoms with E-state index in [-0.39, 0.29) is 23.1 Å². The Hall–Kier alpha value is -3.85. The fourth-order valence-corrected chi connectivity index (χ4v) is 5.66. The van der Waals surface area contributed by atoms with E-state index in [1.165, 1.54) is 0 Å². The second kappa shape index (κ2) is 7.63. The number of amides is 1. The van der Waals surface area contributed by atoms with E-state index in [0.29, 0.717) is 36.9 Å². The first-order valence-electron chi connectivity index (χ1n) is 11.4. The molecule has 2 aromatic carbocycles. The smallest absolute Gasteiger partial charge is 0.247 e. The van der Waals surface area contributed by atoms with Crippen molar-refractivity contribution < 1.29 is 9.59 Å². The highest BCUT2D eigenvalue weighted by molar-refractivity contribution is 6.20. The fraction of sp³-hybridized carbons (Fsp3) is 0.296. The number of ketones is 1. The third-order valence-electron chi connectivity index (χ3n) is 6.98. The molecule has 166 valence electrons. The van der Waals surface area contributed by atoms with E-state index in [1.54, 1.807) is 4.90 Å². The van der Waals surface area contributed by atoms with E-state index in [0.717, 1.165) is 29.1 Å². The van der Waals surface area contributed by atoms with Gasteiger partial charge in [0, 0.05) is 35.5 Å². The Labute approximate surface area is 193 Å². The molecule has 5 rings (SSSR count). The highest BCUT2D eigenvalue weighted by atomic mass is 16.2. The first kappa shape index (κ1) is 21.0. The van der Waals surface area contributed by atoms with Crippen LogP contribution in [0.1, 0.15) is 43.7 Å². The molecule has 0 saturated heterocycles. The molecule has 1 unspecified atom stereocenters. The monoisotopic (exact) mass is 438 g/mol. The summed E-state index contributed by atoms with van der Waals surface area (Å²) in [6, 6.07) is 17.5. The lowest BCUT2D eigenvalue weighted by atomic mass is 9.63. The third-order valence-corrected chi connectivity index (χ3v) is 6.98. The summed E-state index contributed by atoms with van der Waals surface area (Å²) in [6.45, 7) is 4.49. The van der Waals surface area contributed by atoms with Gasteiger partial charge in [-0.05, 0) is 43.9 Å². The first-order valence-corrected chi connectivity index (χ1v) is 11.4. The molecule has 3 aliphatic rings. The number of hydrogen-bond donors (Lipinski definition) is 1. The number of allylic oxidation sites excluding steroid dienone is 1. The van der Waals surface area contributed by atoms with E-state index in [2.05, 4.69) is 6.07 Å². The van der Waals surface area contributed by atoms with Gasteiger partial charge in [-0.2, -0.15) is 5.26 Å². The van der Waals surface area contributed by atoms with Gasteiger partial charge in [-0.1, -0.05) is 43.3 Å². The maximum atomic E-state index is 14.2. The van der Waals surface area contributed by atoms with E-state index in [4.69, 9.17) is 5.73 Å². The molecule has 1 aliphatic carbocycles. The largest absolute Gasteiger partial charge is 0.384 e. The number of nitrogens with zero attached hydrogens (tertiary/aromatic N) is 3. The Kier molecular flexibility index (Phi) is 4.86. The van der Waals surface area contributed by atoms with Crippen LogP contribution < -0.4 is 15.5 Å². The molecule has 0 saturated carbocycles. The summed E-state index contributed by atoms with van der Waals surface area (Å²) in [7, 11) is 0. The zero-order valence-electron chi connectivity index (χ0n) is 18.9. The van der Waals surface area contributed by atoms with Crippen molar-refractivity contribution >= 4 is 23.1 Å². The number of carbonyl (C=O) groups is 2. The van der Waals surface area contributed by atoms with Gasteiger partial charge >= 0.3 is 0 Å². The van der Waals surface area contributed by atoms with Crippen LogP contribution in [0, 0.1) is 18.3 Å². The van der Waals surface area contributed by atoms with Crippen LogP contribution in [0.2, 0.25) is 0 Å². The number of hydrogen-bond acceptors (Lipinski definition) is 5. The number of carbonyl (C=O) groups excluding carboxylic acids is 2. The molecule has 2 aromatic rings. The van der Waals surface area contributed by atoms with Crippen LogP contribution in [0.4, 0.5) is 11.4 Å². The van der Waals surface area contributed by atoms with E-state index in [9.17, 15) is 14.9 Å². The number of fused-ring (bicyclic) bond motifs is 3. The summed E-state index contributed by atoms with van der Waals surface area (Å²) >= 11 is 0. The van der Waals surface area contributed by atoms with E-state index < -0.39 is 5.41 Å². The first-order chi connectivity index (χ1) is 16.0. The number of aryl methyl sites for hydroxylation is 1. The predicted octanol–water partition coefficient (Wildman–Crippen LogP) is 4.21. The second-order valence-corrected chi connectivity index (χ2v) is 8.82. The van der Waals surface area contributed by atoms with Crippen molar-refractivity contribution in [2.45, 2.75) is 44.9 Å². The standard InChI is InChI=1S/C27H26N4O2/c1-3-15-30-21-12-7-5-10-18(21)27(26(30)33)19(16-28)25(29)31(20-11-6-4-9-17(20)2)22-13-8-14-23(32)24(22)27/h4-7,9-12H,3,8,13-15,29H2,1-2H3. The number of rotatable bonds is 3. The molecule has 2 aliphatic heterocycles. The Morgan fingerprint density at radius 2 is 1.76 bits per heavy atom. The minimum atomic E-state index is -1.49. The average molecular weight is 439 g/mol. The van der Waals surface area contributed by atoms with Gasteiger partial charge in [0.2, 0.25) is 5.91 Å². The van der Waals surface area contributed by atoms with Crippen LogP contribution in [0.15, 0.2) is 71.2 Å². The van der Waals surface area contributed by atoms with Crippen molar-refractivity contribution in [3.63, 3.8) is 0 Å². The molecule has 1 atom stereocenters. The van der Waals surface area contributed by atoms with Gasteiger partial charge in [0.25, 0.3) is 0 Å². The summed E-state index contributed by atoms with van der Waals surface area (Å²) in [5, 5.41) is 10.4. The third kappa shape index (κ3) is 2.65. The van der Waals surface area contributed by atoms with E-state index >= 15 is 0 Å². The summed E-state index contributed by atoms with van der Waals surface area (Å²) in [6.07, 6.45) is 2.40. The molecule has 1 amide bonds. The lowest BCUT2D eigenvalue weighted by molar-refractivity contribution is -0.124. The van der Waals surface area contributed by atoms with Crippen LogP contribution in [0.5, 0.6) is 0 Å². The van der Waals surface area contributed by atoms with Crippen molar-refractivity contribution in [2.24, 2.45) is 5.73 Å². The summed E-state index contributed by atoms with van der Waals surface area (Å²) in [5.74, 6) is -0.115. The lowest BCUT2D eigenvalue weighted by Gasteiger charge is -2.44. The maximum Gasteiger partial charge on any atom is 0.247 e. The highest BCUT2D eigenvalue weighted by Gasteiger charge is 2.62. The number of nitriles is 1. The molecule has 0 fully saturated rings. The highest BCUT2D eigenvalue weighted by Crippen LogP contribution is 2.56. The Balaban J connectivity index is 1.89. The van der Waals surface area contributed by atoms with Crippen molar-refractivity contribution in [3.8, 4) is 6.07 Å². The Morgan fingerprint density at radius 1 is 1.06 bits per heavy atom. The molecule has 33 heavy (non-hydrogen) atoms. The predicted molar refractivity (Wildman–Crippen MR) is 127 cm³/mol. The minimum Gasteiger partial charge on any atom is -0.384 e. The fourth-order valence-electron chi connectivity index (χ4n) is 5.66. The molecule has 6 heteroatoms. The zero-order valence-corrected chi connectivity index (χ0v) is 18.9. The number of para-hydroxylation sites is 2. The van der Waals surface area contributed by atoms with Gasteiger partial charge in [0.1, 0.15) is 17.3 Å². The van der Waals surface area contributed by atoms with Crippen LogP contribution in [0.3, 0.4) is 0 Å². The van der Waals surface area contributed by atoms with Crippen molar-refractivity contribution in [1.29, 1.82) is 5.26 Å². The molecular formula is C27H26N4O2. The molecule has 2 N–H and O–H groups in total. The van der Waals surface area contributed by atoms with Gasteiger partial charge < -0.3 is 10.6 Å². The van der Waals surface area contributed by atoms with Crippen LogP contribution in [0.25, 0.3) is 0 Å². The van der Waals surface area contributed by atoms with Gasteiger partial charge in [-0.3, -0.25) is 14.5 Å². The summed E-state index contributed by atoms with van der Waals surface area (Å²) in [4.78, 5) is 31.4. The van der Waals surface area contributed by atoms with Gasteiger partial charge in [-0.25, -0.2) is 0 Å². The van der Waals surface area contributed by atoms with Crippen LogP contribution >= 0.6 is 0 Å². The Bertz CT molecular complexity index is 1300. The zero-order chi connectivity index (χ0) is 23.3.